The first-order valence-corrected chi connectivity index (χ1v) is 6.96. The summed E-state index contributed by atoms with van der Waals surface area (Å²) in [5.41, 5.74) is 0.663. The van der Waals surface area contributed by atoms with Gasteiger partial charge >= 0.3 is 0 Å². The Kier molecular flexibility index (Phi) is 2.40. The highest BCUT2D eigenvalue weighted by atomic mass is 32.2. The van der Waals surface area contributed by atoms with Gasteiger partial charge in [-0.05, 0) is 37.0 Å². The number of hydrogen-bond acceptors (Lipinski definition) is 3. The predicted octanol–water partition coefficient (Wildman–Crippen LogP) is 1.80. The second-order valence-electron chi connectivity index (χ2n) is 4.99. The van der Waals surface area contributed by atoms with Gasteiger partial charge in [0.25, 0.3) is 0 Å². The zero-order valence-corrected chi connectivity index (χ0v) is 10.5. The van der Waals surface area contributed by atoms with Crippen LogP contribution in [0.4, 0.5) is 0 Å². The fraction of sp³-hybridized carbons (Fsp3) is 0.500. The van der Waals surface area contributed by atoms with Crippen molar-refractivity contribution in [3.05, 3.63) is 29.3 Å². The molecule has 1 aliphatic heterocycles. The molecule has 0 saturated heterocycles. The van der Waals surface area contributed by atoms with E-state index in [0.29, 0.717) is 4.90 Å². The summed E-state index contributed by atoms with van der Waals surface area (Å²) >= 11 is 0. The summed E-state index contributed by atoms with van der Waals surface area (Å²) in [5, 5.41) is 9.89. The average molecular weight is 240 g/mol. The zero-order chi connectivity index (χ0) is 12.1. The molecule has 1 aliphatic rings. The molecule has 1 atom stereocenters. The maximum atomic E-state index is 11.8. The van der Waals surface area contributed by atoms with Gasteiger partial charge in [-0.1, -0.05) is 19.1 Å². The molecular weight excluding hydrogens is 224 g/mol. The number of aliphatic hydroxyl groups is 1. The van der Waals surface area contributed by atoms with Gasteiger partial charge in [0, 0.05) is 0 Å². The van der Waals surface area contributed by atoms with E-state index in [9.17, 15) is 13.5 Å². The molecule has 1 aromatic carbocycles. The predicted molar refractivity (Wildman–Crippen MR) is 62.2 cm³/mol. The second kappa shape index (κ2) is 3.31. The number of hydrogen-bond donors (Lipinski definition) is 1. The number of rotatable bonds is 1. The van der Waals surface area contributed by atoms with Crippen molar-refractivity contribution >= 4 is 9.84 Å². The average Bonchev–Trinajstić information content (AvgIpc) is 2.36. The lowest BCUT2D eigenvalue weighted by Crippen LogP contribution is -2.15. The fourth-order valence-corrected chi connectivity index (χ4v) is 4.02. The number of benzene rings is 1. The van der Waals surface area contributed by atoms with Crippen LogP contribution >= 0.6 is 0 Å². The quantitative estimate of drug-likeness (QED) is 0.814. The molecule has 0 fully saturated rings. The van der Waals surface area contributed by atoms with E-state index >= 15 is 0 Å². The lowest BCUT2D eigenvalue weighted by Gasteiger charge is -2.19. The normalized spacial score (nSPS) is 23.1. The molecule has 0 aliphatic carbocycles. The van der Waals surface area contributed by atoms with E-state index in [4.69, 9.17) is 0 Å². The van der Waals surface area contributed by atoms with Crippen LogP contribution < -0.4 is 0 Å². The highest BCUT2D eigenvalue weighted by Crippen LogP contribution is 2.36. The lowest BCUT2D eigenvalue weighted by molar-refractivity contribution is 0.0784. The minimum absolute atomic E-state index is 0.0160. The molecule has 1 unspecified atom stereocenters. The van der Waals surface area contributed by atoms with Crippen molar-refractivity contribution in [3.63, 3.8) is 0 Å². The molecule has 0 saturated carbocycles. The van der Waals surface area contributed by atoms with Crippen LogP contribution in [-0.4, -0.2) is 19.3 Å². The molecule has 4 heteroatoms. The molecular formula is C12H16O3S. The summed E-state index contributed by atoms with van der Waals surface area (Å²) in [5.74, 6) is 0.194. The topological polar surface area (TPSA) is 54.4 Å². The Bertz CT molecular complexity index is 524. The Balaban J connectivity index is 2.62. The van der Waals surface area contributed by atoms with Crippen LogP contribution in [-0.2, 0) is 15.4 Å². The van der Waals surface area contributed by atoms with Crippen molar-refractivity contribution in [1.82, 2.24) is 0 Å². The van der Waals surface area contributed by atoms with Crippen LogP contribution in [0.1, 0.15) is 37.8 Å². The molecule has 0 amide bonds. The third-order valence-electron chi connectivity index (χ3n) is 3.05. The van der Waals surface area contributed by atoms with E-state index in [2.05, 4.69) is 0 Å². The summed E-state index contributed by atoms with van der Waals surface area (Å²) in [6.45, 7) is 5.29. The molecule has 2 rings (SSSR count). The Labute approximate surface area is 96.0 Å². The first-order valence-electron chi connectivity index (χ1n) is 5.31. The van der Waals surface area contributed by atoms with Crippen molar-refractivity contribution < 1.29 is 13.5 Å². The Morgan fingerprint density at radius 3 is 2.56 bits per heavy atom. The van der Waals surface area contributed by atoms with Crippen LogP contribution in [0.25, 0.3) is 0 Å². The van der Waals surface area contributed by atoms with Crippen LogP contribution in [0.15, 0.2) is 23.1 Å². The van der Waals surface area contributed by atoms with Crippen LogP contribution in [0.5, 0.6) is 0 Å². The number of sulfone groups is 1. The summed E-state index contributed by atoms with van der Waals surface area (Å²) in [6.07, 6.45) is 0. The maximum absolute atomic E-state index is 11.8. The summed E-state index contributed by atoms with van der Waals surface area (Å²) in [7, 11) is -3.10. The van der Waals surface area contributed by atoms with Gasteiger partial charge in [0.2, 0.25) is 0 Å². The Morgan fingerprint density at radius 2 is 2.00 bits per heavy atom. The highest BCUT2D eigenvalue weighted by molar-refractivity contribution is 7.91. The fourth-order valence-electron chi connectivity index (χ4n) is 2.11. The van der Waals surface area contributed by atoms with Gasteiger partial charge in [-0.2, -0.15) is 0 Å². The minimum atomic E-state index is -3.10. The molecule has 1 heterocycles. The molecule has 0 radical (unpaired) electrons. The minimum Gasteiger partial charge on any atom is -0.386 e. The molecule has 88 valence electrons. The van der Waals surface area contributed by atoms with Gasteiger partial charge in [0.05, 0.1) is 16.2 Å². The van der Waals surface area contributed by atoms with E-state index < -0.39 is 15.4 Å². The van der Waals surface area contributed by atoms with Gasteiger partial charge in [0.1, 0.15) is 0 Å². The van der Waals surface area contributed by atoms with Crippen LogP contribution in [0.3, 0.4) is 0 Å². The molecule has 1 N–H and O–H groups in total. The van der Waals surface area contributed by atoms with E-state index in [0.717, 1.165) is 11.1 Å². The van der Waals surface area contributed by atoms with Crippen LogP contribution in [0, 0.1) is 0 Å². The SMILES string of the molecule is CC1CS(=O)(=O)c2ccc(C(C)(C)O)cc21. The Morgan fingerprint density at radius 1 is 1.38 bits per heavy atom. The Hall–Kier alpha value is -0.870. The summed E-state index contributed by atoms with van der Waals surface area (Å²) in [6, 6.07) is 5.11. The monoisotopic (exact) mass is 240 g/mol. The molecule has 3 nitrogen and oxygen atoms in total. The third-order valence-corrected chi connectivity index (χ3v) is 5.03. The highest BCUT2D eigenvalue weighted by Gasteiger charge is 2.33. The van der Waals surface area contributed by atoms with Gasteiger partial charge in [-0.3, -0.25) is 0 Å². The smallest absolute Gasteiger partial charge is 0.179 e. The second-order valence-corrected chi connectivity index (χ2v) is 7.00. The zero-order valence-electron chi connectivity index (χ0n) is 9.69. The van der Waals surface area contributed by atoms with Crippen LogP contribution in [0.2, 0.25) is 0 Å². The molecule has 0 aromatic heterocycles. The van der Waals surface area contributed by atoms with Crippen molar-refractivity contribution in [2.45, 2.75) is 37.2 Å². The molecule has 1 aromatic rings. The lowest BCUT2D eigenvalue weighted by atomic mass is 9.93. The molecule has 0 spiro atoms. The molecule has 16 heavy (non-hydrogen) atoms. The van der Waals surface area contributed by atoms with Gasteiger partial charge in [-0.15, -0.1) is 0 Å². The first kappa shape index (κ1) is 11.6. The summed E-state index contributed by atoms with van der Waals surface area (Å²) in [4.78, 5) is 0.424. The van der Waals surface area contributed by atoms with Gasteiger partial charge in [0.15, 0.2) is 9.84 Å². The van der Waals surface area contributed by atoms with E-state index in [-0.39, 0.29) is 11.7 Å². The van der Waals surface area contributed by atoms with Gasteiger partial charge < -0.3 is 5.11 Å². The maximum Gasteiger partial charge on any atom is 0.179 e. The third kappa shape index (κ3) is 1.76. The van der Waals surface area contributed by atoms with Crippen molar-refractivity contribution in [2.24, 2.45) is 0 Å². The van der Waals surface area contributed by atoms with Gasteiger partial charge in [-0.25, -0.2) is 8.42 Å². The van der Waals surface area contributed by atoms with Crippen molar-refractivity contribution in [1.29, 1.82) is 0 Å². The van der Waals surface area contributed by atoms with E-state index in [1.54, 1.807) is 26.0 Å². The first-order chi connectivity index (χ1) is 7.22. The van der Waals surface area contributed by atoms with E-state index in [1.165, 1.54) is 0 Å². The molecule has 0 bridgehead atoms. The number of fused-ring (bicyclic) bond motifs is 1. The van der Waals surface area contributed by atoms with E-state index in [1.807, 2.05) is 13.0 Å². The van der Waals surface area contributed by atoms with Crippen molar-refractivity contribution in [3.8, 4) is 0 Å². The van der Waals surface area contributed by atoms with Crippen molar-refractivity contribution in [2.75, 3.05) is 5.75 Å². The standard InChI is InChI=1S/C12H16O3S/c1-8-7-16(14,15)11-5-4-9(6-10(8)11)12(2,3)13/h4-6,8,13H,7H2,1-3H3. The largest absolute Gasteiger partial charge is 0.386 e. The summed E-state index contributed by atoms with van der Waals surface area (Å²) < 4.78 is 23.5.